The van der Waals surface area contributed by atoms with E-state index in [-0.39, 0.29) is 17.4 Å². The van der Waals surface area contributed by atoms with Crippen LogP contribution in [-0.4, -0.2) is 43.4 Å². The number of aryl methyl sites for hydroxylation is 1. The molecule has 1 atom stereocenters. The van der Waals surface area contributed by atoms with Crippen LogP contribution in [0.4, 0.5) is 0 Å². The Labute approximate surface area is 170 Å². The molecule has 6 nitrogen and oxygen atoms in total. The van der Waals surface area contributed by atoms with Crippen LogP contribution in [0.2, 0.25) is 0 Å². The topological polar surface area (TPSA) is 89.7 Å². The van der Waals surface area contributed by atoms with Gasteiger partial charge in [0.2, 0.25) is 10.0 Å². The molecule has 0 aromatic heterocycles. The number of esters is 1. The fourth-order valence-electron chi connectivity index (χ4n) is 2.83. The Hall–Kier alpha value is -1.44. The van der Waals surface area contributed by atoms with Crippen molar-refractivity contribution in [1.82, 2.24) is 4.31 Å². The Balaban J connectivity index is 3.34. The lowest BCUT2D eigenvalue weighted by atomic mass is 10.1. The van der Waals surface area contributed by atoms with Crippen LogP contribution in [0.5, 0.6) is 0 Å². The third-order valence-corrected chi connectivity index (χ3v) is 6.02. The van der Waals surface area contributed by atoms with Crippen molar-refractivity contribution in [2.75, 3.05) is 13.1 Å². The smallest absolute Gasteiger partial charge is 0.324 e. The molecule has 0 saturated heterocycles. The minimum Gasteiger partial charge on any atom is -0.459 e. The zero-order valence-electron chi connectivity index (χ0n) is 18.1. The second-order valence-corrected chi connectivity index (χ2v) is 10.5. The van der Waals surface area contributed by atoms with Crippen molar-refractivity contribution in [2.45, 2.75) is 77.3 Å². The fourth-order valence-corrected chi connectivity index (χ4v) is 4.60. The lowest BCUT2D eigenvalue weighted by Gasteiger charge is -2.33. The maximum Gasteiger partial charge on any atom is 0.324 e. The summed E-state index contributed by atoms with van der Waals surface area (Å²) < 4.78 is 33.7. The van der Waals surface area contributed by atoms with Crippen LogP contribution in [0, 0.1) is 12.8 Å². The van der Waals surface area contributed by atoms with Gasteiger partial charge >= 0.3 is 5.97 Å². The molecule has 1 rings (SSSR count). The minimum atomic E-state index is -3.85. The fraction of sp³-hybridized carbons (Fsp3) is 0.667. The van der Waals surface area contributed by atoms with E-state index in [0.717, 1.165) is 12.0 Å². The van der Waals surface area contributed by atoms with Gasteiger partial charge in [-0.15, -0.1) is 0 Å². The maximum absolute atomic E-state index is 13.4. The highest BCUT2D eigenvalue weighted by molar-refractivity contribution is 7.89. The SMILES string of the molecule is Cc1ccc(S(=O)(=O)N(CC(C)C)[C@@H](CCCCN)C(=O)OC(C)(C)C)cc1. The van der Waals surface area contributed by atoms with Gasteiger partial charge in [0.15, 0.2) is 0 Å². The molecule has 1 aromatic rings. The first-order valence-electron chi connectivity index (χ1n) is 9.90. The van der Waals surface area contributed by atoms with Crippen molar-refractivity contribution < 1.29 is 17.9 Å². The highest BCUT2D eigenvalue weighted by Gasteiger charge is 2.38. The van der Waals surface area contributed by atoms with Gasteiger partial charge in [-0.1, -0.05) is 31.5 Å². The summed E-state index contributed by atoms with van der Waals surface area (Å²) in [4.78, 5) is 13.1. The molecule has 0 heterocycles. The predicted molar refractivity (Wildman–Crippen MR) is 112 cm³/mol. The molecule has 0 amide bonds. The molecule has 0 spiro atoms. The summed E-state index contributed by atoms with van der Waals surface area (Å²) in [6.45, 7) is 11.8. The second kappa shape index (κ2) is 10.4. The second-order valence-electron chi connectivity index (χ2n) is 8.62. The van der Waals surface area contributed by atoms with Crippen LogP contribution in [0.3, 0.4) is 0 Å². The molecule has 0 aliphatic carbocycles. The summed E-state index contributed by atoms with van der Waals surface area (Å²) in [5, 5.41) is 0. The molecule has 0 bridgehead atoms. The lowest BCUT2D eigenvalue weighted by Crippen LogP contribution is -2.48. The number of benzene rings is 1. The van der Waals surface area contributed by atoms with Gasteiger partial charge in [0.1, 0.15) is 11.6 Å². The standard InChI is InChI=1S/C21H36N2O4S/c1-16(2)15-23(28(25,26)18-12-10-17(3)11-13-18)19(9-7-8-14-22)20(24)27-21(4,5)6/h10-13,16,19H,7-9,14-15,22H2,1-6H3/t19-/m0/s1. The van der Waals surface area contributed by atoms with E-state index in [1.165, 1.54) is 4.31 Å². The van der Waals surface area contributed by atoms with E-state index >= 15 is 0 Å². The molecular weight excluding hydrogens is 376 g/mol. The molecule has 0 unspecified atom stereocenters. The van der Waals surface area contributed by atoms with Crippen molar-refractivity contribution in [3.8, 4) is 0 Å². The summed E-state index contributed by atoms with van der Waals surface area (Å²) in [6, 6.07) is 5.82. The molecule has 0 aliphatic rings. The van der Waals surface area contributed by atoms with Gasteiger partial charge < -0.3 is 10.5 Å². The normalized spacial score (nSPS) is 13.8. The van der Waals surface area contributed by atoms with E-state index in [0.29, 0.717) is 19.4 Å². The van der Waals surface area contributed by atoms with Gasteiger partial charge in [0, 0.05) is 6.54 Å². The Morgan fingerprint density at radius 2 is 1.71 bits per heavy atom. The number of nitrogens with two attached hydrogens (primary N) is 1. The molecule has 1 aromatic carbocycles. The molecule has 7 heteroatoms. The Morgan fingerprint density at radius 3 is 2.18 bits per heavy atom. The van der Waals surface area contributed by atoms with Crippen molar-refractivity contribution in [2.24, 2.45) is 11.7 Å². The Morgan fingerprint density at radius 1 is 1.14 bits per heavy atom. The maximum atomic E-state index is 13.4. The first kappa shape index (κ1) is 24.6. The number of ether oxygens (including phenoxy) is 1. The predicted octanol–water partition coefficient (Wildman–Crippen LogP) is 3.48. The molecule has 2 N–H and O–H groups in total. The monoisotopic (exact) mass is 412 g/mol. The van der Waals surface area contributed by atoms with E-state index in [4.69, 9.17) is 10.5 Å². The lowest BCUT2D eigenvalue weighted by molar-refractivity contribution is -0.160. The average Bonchev–Trinajstić information content (AvgIpc) is 2.55. The molecule has 0 saturated carbocycles. The van der Waals surface area contributed by atoms with Gasteiger partial charge in [-0.3, -0.25) is 4.79 Å². The van der Waals surface area contributed by atoms with Gasteiger partial charge in [0.25, 0.3) is 0 Å². The average molecular weight is 413 g/mol. The molecule has 0 fully saturated rings. The van der Waals surface area contributed by atoms with Crippen LogP contribution in [0.25, 0.3) is 0 Å². The van der Waals surface area contributed by atoms with E-state index in [2.05, 4.69) is 0 Å². The van der Waals surface area contributed by atoms with Crippen molar-refractivity contribution in [3.05, 3.63) is 29.8 Å². The van der Waals surface area contributed by atoms with Gasteiger partial charge in [0.05, 0.1) is 4.90 Å². The third kappa shape index (κ3) is 7.53. The first-order chi connectivity index (χ1) is 12.9. The van der Waals surface area contributed by atoms with Crippen LogP contribution >= 0.6 is 0 Å². The molecule has 160 valence electrons. The van der Waals surface area contributed by atoms with Crippen LogP contribution in [0.1, 0.15) is 59.4 Å². The molecule has 0 radical (unpaired) electrons. The van der Waals surface area contributed by atoms with Crippen LogP contribution in [-0.2, 0) is 19.6 Å². The van der Waals surface area contributed by atoms with Crippen molar-refractivity contribution in [3.63, 3.8) is 0 Å². The summed E-state index contributed by atoms with van der Waals surface area (Å²) in [6.07, 6.45) is 1.75. The van der Waals surface area contributed by atoms with Gasteiger partial charge in [-0.05, 0) is 71.6 Å². The number of rotatable bonds is 10. The molecule has 28 heavy (non-hydrogen) atoms. The van der Waals surface area contributed by atoms with E-state index in [1.807, 2.05) is 20.8 Å². The number of carbonyl (C=O) groups is 1. The summed E-state index contributed by atoms with van der Waals surface area (Å²) in [5.41, 5.74) is 5.87. The van der Waals surface area contributed by atoms with E-state index < -0.39 is 27.6 Å². The Kier molecular flexibility index (Phi) is 9.11. The van der Waals surface area contributed by atoms with Gasteiger partial charge in [-0.2, -0.15) is 4.31 Å². The van der Waals surface area contributed by atoms with Crippen molar-refractivity contribution in [1.29, 1.82) is 0 Å². The third-order valence-electron chi connectivity index (χ3n) is 4.13. The highest BCUT2D eigenvalue weighted by Crippen LogP contribution is 2.25. The zero-order chi connectivity index (χ0) is 21.5. The summed E-state index contributed by atoms with van der Waals surface area (Å²) in [7, 11) is -3.85. The van der Waals surface area contributed by atoms with Crippen molar-refractivity contribution >= 4 is 16.0 Å². The first-order valence-corrected chi connectivity index (χ1v) is 11.3. The number of hydrogen-bond donors (Lipinski definition) is 1. The quantitative estimate of drug-likeness (QED) is 0.469. The summed E-state index contributed by atoms with van der Waals surface area (Å²) >= 11 is 0. The number of unbranched alkanes of at least 4 members (excludes halogenated alkanes) is 1. The zero-order valence-corrected chi connectivity index (χ0v) is 18.9. The number of hydrogen-bond acceptors (Lipinski definition) is 5. The van der Waals surface area contributed by atoms with E-state index in [1.54, 1.807) is 45.0 Å². The minimum absolute atomic E-state index is 0.0552. The number of nitrogens with zero attached hydrogens (tertiary/aromatic N) is 1. The molecule has 0 aliphatic heterocycles. The Bertz CT molecular complexity index is 722. The van der Waals surface area contributed by atoms with Crippen LogP contribution in [0.15, 0.2) is 29.2 Å². The van der Waals surface area contributed by atoms with Gasteiger partial charge in [-0.25, -0.2) is 8.42 Å². The van der Waals surface area contributed by atoms with E-state index in [9.17, 15) is 13.2 Å². The largest absolute Gasteiger partial charge is 0.459 e. The highest BCUT2D eigenvalue weighted by atomic mass is 32.2. The van der Waals surface area contributed by atoms with Crippen LogP contribution < -0.4 is 5.73 Å². The molecular formula is C21H36N2O4S. The number of sulfonamides is 1. The number of carbonyl (C=O) groups excluding carboxylic acids is 1. The summed E-state index contributed by atoms with van der Waals surface area (Å²) in [5.74, 6) is -0.458.